The summed E-state index contributed by atoms with van der Waals surface area (Å²) in [7, 11) is 1.66. The van der Waals surface area contributed by atoms with E-state index in [0.717, 1.165) is 24.2 Å². The molecule has 0 aliphatic carbocycles. The highest BCUT2D eigenvalue weighted by atomic mass is 35.5. The molecule has 0 fully saturated rings. The third kappa shape index (κ3) is 2.45. The number of nitrogens with zero attached hydrogens (tertiary/aromatic N) is 1. The molecule has 3 nitrogen and oxygen atoms in total. The number of hydrogen-bond donors (Lipinski definition) is 0. The lowest BCUT2D eigenvalue weighted by molar-refractivity contribution is -0.117. The fourth-order valence-electron chi connectivity index (χ4n) is 2.12. The number of rotatable bonds is 3. The Bertz CT molecular complexity index is 431. The molecule has 1 aliphatic heterocycles. The molecule has 1 atom stereocenters. The molecule has 1 amide bonds. The van der Waals surface area contributed by atoms with E-state index >= 15 is 0 Å². The maximum absolute atomic E-state index is 11.9. The zero-order valence-electron chi connectivity index (χ0n) is 10.1. The first-order valence-corrected chi connectivity index (χ1v) is 6.13. The van der Waals surface area contributed by atoms with Crippen LogP contribution in [-0.2, 0) is 22.6 Å². The number of benzene rings is 1. The highest BCUT2D eigenvalue weighted by molar-refractivity contribution is 6.32. The van der Waals surface area contributed by atoms with Gasteiger partial charge >= 0.3 is 0 Å². The highest BCUT2D eigenvalue weighted by Gasteiger charge is 2.27. The number of halogens is 1. The van der Waals surface area contributed by atoms with Gasteiger partial charge in [0.15, 0.2) is 0 Å². The van der Waals surface area contributed by atoms with Crippen molar-refractivity contribution < 1.29 is 9.53 Å². The van der Waals surface area contributed by atoms with Crippen molar-refractivity contribution >= 4 is 23.2 Å². The maximum Gasteiger partial charge on any atom is 0.244 e. The molecule has 0 saturated carbocycles. The molecular formula is C13H16ClNO2. The zero-order valence-corrected chi connectivity index (χ0v) is 10.8. The molecule has 4 heteroatoms. The van der Waals surface area contributed by atoms with Crippen LogP contribution in [0.4, 0.5) is 5.69 Å². The first-order chi connectivity index (χ1) is 8.13. The molecule has 1 aromatic carbocycles. The molecule has 17 heavy (non-hydrogen) atoms. The standard InChI is InChI=1S/C13H16ClNO2/c1-9(14)13(16)15-6-5-11-4-3-10(8-17-2)7-12(11)15/h3-4,7,9H,5-6,8H2,1-2H3/t9-/m1/s1. The Morgan fingerprint density at radius 3 is 3.00 bits per heavy atom. The number of amides is 1. The van der Waals surface area contributed by atoms with Gasteiger partial charge in [-0.3, -0.25) is 4.79 Å². The Kier molecular flexibility index (Phi) is 3.69. The number of hydrogen-bond acceptors (Lipinski definition) is 2. The van der Waals surface area contributed by atoms with Crippen molar-refractivity contribution in [2.45, 2.75) is 25.3 Å². The smallest absolute Gasteiger partial charge is 0.244 e. The molecule has 1 aliphatic rings. The predicted octanol–water partition coefficient (Wildman–Crippen LogP) is 2.35. The second-order valence-electron chi connectivity index (χ2n) is 4.25. The number of carbonyl (C=O) groups excluding carboxylic acids is 1. The van der Waals surface area contributed by atoms with Crippen LogP contribution in [0.5, 0.6) is 0 Å². The third-order valence-corrected chi connectivity index (χ3v) is 3.15. The Morgan fingerprint density at radius 2 is 2.35 bits per heavy atom. The van der Waals surface area contributed by atoms with Gasteiger partial charge in [-0.25, -0.2) is 0 Å². The topological polar surface area (TPSA) is 29.5 Å². The van der Waals surface area contributed by atoms with Gasteiger partial charge in [0.2, 0.25) is 5.91 Å². The Hall–Kier alpha value is -1.06. The Labute approximate surface area is 106 Å². The van der Waals surface area contributed by atoms with Crippen LogP contribution in [-0.4, -0.2) is 24.9 Å². The van der Waals surface area contributed by atoms with E-state index in [2.05, 4.69) is 6.07 Å². The molecule has 0 saturated heterocycles. The monoisotopic (exact) mass is 253 g/mol. The van der Waals surface area contributed by atoms with E-state index in [9.17, 15) is 4.79 Å². The molecule has 1 heterocycles. The van der Waals surface area contributed by atoms with Gasteiger partial charge in [0.05, 0.1) is 6.61 Å². The summed E-state index contributed by atoms with van der Waals surface area (Å²) in [6, 6.07) is 6.12. The molecule has 0 bridgehead atoms. The molecule has 0 aromatic heterocycles. The van der Waals surface area contributed by atoms with Crippen molar-refractivity contribution in [3.8, 4) is 0 Å². The van der Waals surface area contributed by atoms with Crippen LogP contribution in [0, 0.1) is 0 Å². The van der Waals surface area contributed by atoms with Crippen molar-refractivity contribution in [2.24, 2.45) is 0 Å². The van der Waals surface area contributed by atoms with Gasteiger partial charge in [-0.2, -0.15) is 0 Å². The first-order valence-electron chi connectivity index (χ1n) is 5.69. The number of anilines is 1. The second-order valence-corrected chi connectivity index (χ2v) is 4.91. The van der Waals surface area contributed by atoms with Crippen LogP contribution in [0.15, 0.2) is 18.2 Å². The van der Waals surface area contributed by atoms with Crippen LogP contribution in [0.25, 0.3) is 0 Å². The SMILES string of the molecule is COCc1ccc2c(c1)N(C(=O)[C@@H](C)Cl)CC2. The summed E-state index contributed by atoms with van der Waals surface area (Å²) in [5.41, 5.74) is 3.26. The van der Waals surface area contributed by atoms with Gasteiger partial charge in [0.1, 0.15) is 5.38 Å². The van der Waals surface area contributed by atoms with Crippen molar-refractivity contribution in [3.05, 3.63) is 29.3 Å². The minimum absolute atomic E-state index is 0.0278. The molecule has 92 valence electrons. The average molecular weight is 254 g/mol. The molecule has 0 radical (unpaired) electrons. The first kappa shape index (κ1) is 12.4. The minimum atomic E-state index is -0.480. The quantitative estimate of drug-likeness (QED) is 0.774. The normalized spacial score (nSPS) is 15.8. The van der Waals surface area contributed by atoms with E-state index in [1.165, 1.54) is 5.56 Å². The van der Waals surface area contributed by atoms with Gasteiger partial charge in [0, 0.05) is 19.3 Å². The van der Waals surface area contributed by atoms with Crippen LogP contribution in [0.3, 0.4) is 0 Å². The van der Waals surface area contributed by atoms with E-state index in [1.54, 1.807) is 18.9 Å². The molecule has 1 aromatic rings. The lowest BCUT2D eigenvalue weighted by Crippen LogP contribution is -2.34. The average Bonchev–Trinajstić information content (AvgIpc) is 2.71. The van der Waals surface area contributed by atoms with Gasteiger partial charge in [-0.05, 0) is 30.5 Å². The molecule has 2 rings (SSSR count). The van der Waals surface area contributed by atoms with Crippen molar-refractivity contribution in [1.29, 1.82) is 0 Å². The van der Waals surface area contributed by atoms with Crippen molar-refractivity contribution in [2.75, 3.05) is 18.6 Å². The maximum atomic E-state index is 11.9. The molecule has 0 spiro atoms. The summed E-state index contributed by atoms with van der Waals surface area (Å²) < 4.78 is 5.10. The number of ether oxygens (including phenoxy) is 1. The number of alkyl halides is 1. The molecular weight excluding hydrogens is 238 g/mol. The molecule has 0 unspecified atom stereocenters. The van der Waals surface area contributed by atoms with Crippen molar-refractivity contribution in [1.82, 2.24) is 0 Å². The second kappa shape index (κ2) is 5.07. The van der Waals surface area contributed by atoms with E-state index in [1.807, 2.05) is 12.1 Å². The zero-order chi connectivity index (χ0) is 12.4. The third-order valence-electron chi connectivity index (χ3n) is 2.96. The van der Waals surface area contributed by atoms with Gasteiger partial charge < -0.3 is 9.64 Å². The number of methoxy groups -OCH3 is 1. The van der Waals surface area contributed by atoms with Crippen LogP contribution >= 0.6 is 11.6 Å². The predicted molar refractivity (Wildman–Crippen MR) is 68.5 cm³/mol. The van der Waals surface area contributed by atoms with Gasteiger partial charge in [-0.1, -0.05) is 12.1 Å². The summed E-state index contributed by atoms with van der Waals surface area (Å²) in [5.74, 6) is -0.0278. The summed E-state index contributed by atoms with van der Waals surface area (Å²) in [4.78, 5) is 13.7. The summed E-state index contributed by atoms with van der Waals surface area (Å²) >= 11 is 5.86. The summed E-state index contributed by atoms with van der Waals surface area (Å²) in [6.45, 7) is 2.99. The van der Waals surface area contributed by atoms with E-state index in [0.29, 0.717) is 6.61 Å². The van der Waals surface area contributed by atoms with E-state index in [4.69, 9.17) is 16.3 Å². The fraction of sp³-hybridized carbons (Fsp3) is 0.462. The van der Waals surface area contributed by atoms with Crippen LogP contribution < -0.4 is 4.90 Å². The van der Waals surface area contributed by atoms with E-state index in [-0.39, 0.29) is 5.91 Å². The highest BCUT2D eigenvalue weighted by Crippen LogP contribution is 2.30. The van der Waals surface area contributed by atoms with E-state index < -0.39 is 5.38 Å². The summed E-state index contributed by atoms with van der Waals surface area (Å²) in [6.07, 6.45) is 0.901. The van der Waals surface area contributed by atoms with Gasteiger partial charge in [0.25, 0.3) is 0 Å². The van der Waals surface area contributed by atoms with Crippen LogP contribution in [0.2, 0.25) is 0 Å². The number of carbonyl (C=O) groups is 1. The fourth-order valence-corrected chi connectivity index (χ4v) is 2.24. The lowest BCUT2D eigenvalue weighted by atomic mass is 10.1. The number of fused-ring (bicyclic) bond motifs is 1. The largest absolute Gasteiger partial charge is 0.380 e. The van der Waals surface area contributed by atoms with Crippen molar-refractivity contribution in [3.63, 3.8) is 0 Å². The van der Waals surface area contributed by atoms with Gasteiger partial charge in [-0.15, -0.1) is 11.6 Å². The molecule has 0 N–H and O–H groups in total. The lowest BCUT2D eigenvalue weighted by Gasteiger charge is -2.19. The minimum Gasteiger partial charge on any atom is -0.380 e. The van der Waals surface area contributed by atoms with Crippen LogP contribution in [0.1, 0.15) is 18.1 Å². The Morgan fingerprint density at radius 1 is 1.59 bits per heavy atom. The summed E-state index contributed by atoms with van der Waals surface area (Å²) in [5, 5.41) is -0.480. The Balaban J connectivity index is 2.29.